The molecule has 3 heterocycles. The average Bonchev–Trinajstić information content (AvgIpc) is 2.47. The fourth-order valence-corrected chi connectivity index (χ4v) is 2.11. The van der Waals surface area contributed by atoms with Crippen molar-refractivity contribution in [2.75, 3.05) is 13.7 Å². The Morgan fingerprint density at radius 1 is 1.22 bits per heavy atom. The molecule has 0 saturated heterocycles. The highest BCUT2D eigenvalue weighted by atomic mass is 16.5. The van der Waals surface area contributed by atoms with E-state index in [-0.39, 0.29) is 0 Å². The second-order valence-corrected chi connectivity index (χ2v) is 4.14. The summed E-state index contributed by atoms with van der Waals surface area (Å²) in [6.07, 6.45) is 4.39. The minimum Gasteiger partial charge on any atom is -0.481 e. The highest BCUT2D eigenvalue weighted by Gasteiger charge is 2.18. The largest absolute Gasteiger partial charge is 0.481 e. The number of hydrogen-bond acceptors (Lipinski definition) is 5. The van der Waals surface area contributed by atoms with Gasteiger partial charge in [-0.2, -0.15) is 4.98 Å². The van der Waals surface area contributed by atoms with E-state index in [0.717, 1.165) is 36.3 Å². The van der Waals surface area contributed by atoms with Gasteiger partial charge < -0.3 is 10.1 Å². The van der Waals surface area contributed by atoms with Crippen molar-refractivity contribution >= 4 is 0 Å². The fraction of sp³-hybridized carbons (Fsp3) is 0.308. The van der Waals surface area contributed by atoms with Crippen molar-refractivity contribution in [2.24, 2.45) is 0 Å². The van der Waals surface area contributed by atoms with Crippen molar-refractivity contribution in [1.29, 1.82) is 0 Å². The number of methoxy groups -OCH3 is 1. The summed E-state index contributed by atoms with van der Waals surface area (Å²) in [5.74, 6) is 1.37. The number of rotatable bonds is 2. The molecule has 1 N–H and O–H groups in total. The SMILES string of the molecule is COc1nc(-c2ccncc2)nc2c1CNCC2. The van der Waals surface area contributed by atoms with Gasteiger partial charge >= 0.3 is 0 Å². The Balaban J connectivity index is 2.12. The van der Waals surface area contributed by atoms with Gasteiger partial charge in [0.25, 0.3) is 0 Å². The molecular weight excluding hydrogens is 228 g/mol. The summed E-state index contributed by atoms with van der Waals surface area (Å²) in [5.41, 5.74) is 3.11. The van der Waals surface area contributed by atoms with Crippen LogP contribution in [0.5, 0.6) is 5.88 Å². The summed E-state index contributed by atoms with van der Waals surface area (Å²) >= 11 is 0. The normalized spacial score (nSPS) is 14.1. The van der Waals surface area contributed by atoms with Gasteiger partial charge in [-0.05, 0) is 12.1 Å². The molecular formula is C13H14N4O. The molecule has 0 atom stereocenters. The molecule has 0 saturated carbocycles. The fourth-order valence-electron chi connectivity index (χ4n) is 2.11. The summed E-state index contributed by atoms with van der Waals surface area (Å²) < 4.78 is 5.37. The smallest absolute Gasteiger partial charge is 0.221 e. The zero-order valence-electron chi connectivity index (χ0n) is 10.2. The highest BCUT2D eigenvalue weighted by molar-refractivity contribution is 5.55. The molecule has 1 aliphatic heterocycles. The van der Waals surface area contributed by atoms with E-state index in [1.165, 1.54) is 0 Å². The van der Waals surface area contributed by atoms with Crippen LogP contribution in [0.15, 0.2) is 24.5 Å². The van der Waals surface area contributed by atoms with E-state index in [2.05, 4.69) is 20.3 Å². The van der Waals surface area contributed by atoms with Gasteiger partial charge in [0.2, 0.25) is 5.88 Å². The number of hydrogen-bond donors (Lipinski definition) is 1. The number of fused-ring (bicyclic) bond motifs is 1. The van der Waals surface area contributed by atoms with Gasteiger partial charge in [-0.3, -0.25) is 4.98 Å². The molecule has 0 amide bonds. The van der Waals surface area contributed by atoms with Gasteiger partial charge in [0.05, 0.1) is 12.8 Å². The second-order valence-electron chi connectivity index (χ2n) is 4.14. The summed E-state index contributed by atoms with van der Waals surface area (Å²) in [5, 5.41) is 3.30. The lowest BCUT2D eigenvalue weighted by molar-refractivity contribution is 0.386. The third-order valence-corrected chi connectivity index (χ3v) is 3.03. The van der Waals surface area contributed by atoms with Gasteiger partial charge in [-0.15, -0.1) is 0 Å². The monoisotopic (exact) mass is 242 g/mol. The number of pyridine rings is 1. The summed E-state index contributed by atoms with van der Waals surface area (Å²) in [6.45, 7) is 1.72. The topological polar surface area (TPSA) is 59.9 Å². The Morgan fingerprint density at radius 3 is 2.83 bits per heavy atom. The molecule has 0 unspecified atom stereocenters. The number of nitrogens with one attached hydrogen (secondary N) is 1. The van der Waals surface area contributed by atoms with Crippen LogP contribution in [-0.2, 0) is 13.0 Å². The number of aromatic nitrogens is 3. The molecule has 92 valence electrons. The van der Waals surface area contributed by atoms with E-state index in [0.29, 0.717) is 11.7 Å². The quantitative estimate of drug-likeness (QED) is 0.857. The van der Waals surface area contributed by atoms with Crippen molar-refractivity contribution in [1.82, 2.24) is 20.3 Å². The molecule has 5 nitrogen and oxygen atoms in total. The predicted molar refractivity (Wildman–Crippen MR) is 67.2 cm³/mol. The molecule has 18 heavy (non-hydrogen) atoms. The van der Waals surface area contributed by atoms with Crippen LogP contribution in [0.1, 0.15) is 11.3 Å². The van der Waals surface area contributed by atoms with Crippen LogP contribution in [-0.4, -0.2) is 28.6 Å². The molecule has 1 aliphatic rings. The molecule has 0 aliphatic carbocycles. The second kappa shape index (κ2) is 4.70. The van der Waals surface area contributed by atoms with Gasteiger partial charge in [-0.25, -0.2) is 4.98 Å². The van der Waals surface area contributed by atoms with E-state index in [1.807, 2.05) is 12.1 Å². The maximum Gasteiger partial charge on any atom is 0.221 e. The Kier molecular flexibility index (Phi) is 2.90. The first kappa shape index (κ1) is 11.1. The van der Waals surface area contributed by atoms with Crippen LogP contribution in [0.4, 0.5) is 0 Å². The Bertz CT molecular complexity index is 539. The van der Waals surface area contributed by atoms with E-state index < -0.39 is 0 Å². The summed E-state index contributed by atoms with van der Waals surface area (Å²) in [4.78, 5) is 13.1. The van der Waals surface area contributed by atoms with E-state index in [9.17, 15) is 0 Å². The summed E-state index contributed by atoms with van der Waals surface area (Å²) in [6, 6.07) is 3.81. The van der Waals surface area contributed by atoms with Crippen molar-refractivity contribution in [3.05, 3.63) is 35.8 Å². The van der Waals surface area contributed by atoms with Gasteiger partial charge in [-0.1, -0.05) is 0 Å². The first-order chi connectivity index (χ1) is 8.88. The zero-order chi connectivity index (χ0) is 12.4. The Labute approximate surface area is 105 Å². The van der Waals surface area contributed by atoms with Crippen LogP contribution in [0.3, 0.4) is 0 Å². The van der Waals surface area contributed by atoms with Gasteiger partial charge in [0.15, 0.2) is 5.82 Å². The van der Waals surface area contributed by atoms with Crippen molar-refractivity contribution in [2.45, 2.75) is 13.0 Å². The zero-order valence-corrected chi connectivity index (χ0v) is 10.2. The molecule has 0 bridgehead atoms. The van der Waals surface area contributed by atoms with Gasteiger partial charge in [0.1, 0.15) is 0 Å². The lowest BCUT2D eigenvalue weighted by atomic mass is 10.1. The van der Waals surface area contributed by atoms with Crippen LogP contribution in [0.25, 0.3) is 11.4 Å². The van der Waals surface area contributed by atoms with Crippen LogP contribution in [0.2, 0.25) is 0 Å². The molecule has 0 aromatic carbocycles. The standard InChI is InChI=1S/C13H14N4O/c1-18-13-10-8-15-7-4-11(10)16-12(17-13)9-2-5-14-6-3-9/h2-3,5-6,15H,4,7-8H2,1H3. The number of nitrogens with zero attached hydrogens (tertiary/aromatic N) is 3. The predicted octanol–water partition coefficient (Wildman–Crippen LogP) is 1.19. The van der Waals surface area contributed by atoms with E-state index in [1.54, 1.807) is 19.5 Å². The molecule has 0 spiro atoms. The molecule has 3 rings (SSSR count). The molecule has 5 heteroatoms. The Morgan fingerprint density at radius 2 is 2.06 bits per heavy atom. The summed E-state index contributed by atoms with van der Waals surface area (Å²) in [7, 11) is 1.65. The molecule has 2 aromatic rings. The maximum absolute atomic E-state index is 5.37. The maximum atomic E-state index is 5.37. The first-order valence-corrected chi connectivity index (χ1v) is 5.93. The molecule has 0 fully saturated rings. The van der Waals surface area contributed by atoms with Crippen LogP contribution in [0, 0.1) is 0 Å². The van der Waals surface area contributed by atoms with Crippen molar-refractivity contribution in [3.63, 3.8) is 0 Å². The van der Waals surface area contributed by atoms with Crippen LogP contribution < -0.4 is 10.1 Å². The van der Waals surface area contributed by atoms with E-state index in [4.69, 9.17) is 4.74 Å². The van der Waals surface area contributed by atoms with Gasteiger partial charge in [0, 0.05) is 43.0 Å². The minimum absolute atomic E-state index is 0.666. The molecule has 2 aromatic heterocycles. The Hall–Kier alpha value is -2.01. The average molecular weight is 242 g/mol. The van der Waals surface area contributed by atoms with Crippen molar-refractivity contribution < 1.29 is 4.74 Å². The van der Waals surface area contributed by atoms with Crippen molar-refractivity contribution in [3.8, 4) is 17.3 Å². The van der Waals surface area contributed by atoms with Crippen LogP contribution >= 0.6 is 0 Å². The lowest BCUT2D eigenvalue weighted by Crippen LogP contribution is -2.25. The third kappa shape index (κ3) is 1.93. The molecule has 0 radical (unpaired) electrons. The first-order valence-electron chi connectivity index (χ1n) is 5.93. The number of ether oxygens (including phenoxy) is 1. The minimum atomic E-state index is 0.666. The highest BCUT2D eigenvalue weighted by Crippen LogP contribution is 2.25. The van der Waals surface area contributed by atoms with E-state index >= 15 is 0 Å². The third-order valence-electron chi connectivity index (χ3n) is 3.03. The lowest BCUT2D eigenvalue weighted by Gasteiger charge is -2.19.